The summed E-state index contributed by atoms with van der Waals surface area (Å²) in [6.07, 6.45) is 0.654. The first-order chi connectivity index (χ1) is 17.7. The summed E-state index contributed by atoms with van der Waals surface area (Å²) in [5.41, 5.74) is 2.10. The third-order valence-electron chi connectivity index (χ3n) is 6.42. The molecule has 6 nitrogen and oxygen atoms in total. The highest BCUT2D eigenvalue weighted by Crippen LogP contribution is 2.45. The van der Waals surface area contributed by atoms with Gasteiger partial charge in [-0.05, 0) is 66.6 Å². The van der Waals surface area contributed by atoms with Crippen molar-refractivity contribution in [1.29, 1.82) is 0 Å². The van der Waals surface area contributed by atoms with E-state index in [1.54, 1.807) is 36.4 Å². The summed E-state index contributed by atoms with van der Waals surface area (Å²) in [5.74, 6) is -1.79. The third-order valence-corrected chi connectivity index (χ3v) is 8.18. The predicted molar refractivity (Wildman–Crippen MR) is 141 cm³/mol. The van der Waals surface area contributed by atoms with Crippen molar-refractivity contribution in [3.05, 3.63) is 92.7 Å². The Morgan fingerprint density at radius 2 is 1.92 bits per heavy atom. The van der Waals surface area contributed by atoms with Gasteiger partial charge in [0.15, 0.2) is 5.13 Å². The van der Waals surface area contributed by atoms with Gasteiger partial charge < -0.3 is 9.84 Å². The van der Waals surface area contributed by atoms with Gasteiger partial charge in [0, 0.05) is 12.0 Å². The number of halogens is 3. The molecular weight excluding hydrogens is 538 g/mol. The van der Waals surface area contributed by atoms with E-state index in [4.69, 9.17) is 27.9 Å². The van der Waals surface area contributed by atoms with Gasteiger partial charge >= 0.3 is 5.91 Å². The van der Waals surface area contributed by atoms with Gasteiger partial charge in [0.2, 0.25) is 0 Å². The zero-order valence-electron chi connectivity index (χ0n) is 19.2. The predicted octanol–water partition coefficient (Wildman–Crippen LogP) is 6.69. The van der Waals surface area contributed by atoms with E-state index in [-0.39, 0.29) is 27.6 Å². The van der Waals surface area contributed by atoms with Gasteiger partial charge in [-0.1, -0.05) is 40.6 Å². The maximum atomic E-state index is 13.8. The molecule has 0 radical (unpaired) electrons. The molecule has 0 bridgehead atoms. The normalized spacial score (nSPS) is 20.5. The zero-order valence-corrected chi connectivity index (χ0v) is 21.5. The number of hydrogen-bond donors (Lipinski definition) is 1. The molecule has 0 aliphatic carbocycles. The molecule has 37 heavy (non-hydrogen) atoms. The average Bonchev–Trinajstić information content (AvgIpc) is 3.52. The molecule has 1 saturated heterocycles. The van der Waals surface area contributed by atoms with Gasteiger partial charge in [0.05, 0.1) is 31.9 Å². The quantitative estimate of drug-likeness (QED) is 0.173. The van der Waals surface area contributed by atoms with E-state index in [1.807, 2.05) is 6.92 Å². The van der Waals surface area contributed by atoms with Crippen molar-refractivity contribution in [2.75, 3.05) is 4.90 Å². The number of aromatic nitrogens is 1. The third kappa shape index (κ3) is 3.96. The van der Waals surface area contributed by atoms with Crippen LogP contribution in [0, 0.1) is 5.82 Å². The van der Waals surface area contributed by atoms with Crippen molar-refractivity contribution in [2.24, 2.45) is 0 Å². The number of rotatable bonds is 3. The molecule has 0 unspecified atom stereocenters. The summed E-state index contributed by atoms with van der Waals surface area (Å²) in [6.45, 7) is 1.94. The SMILES string of the molecule is C[C@H]1Cc2cc(/C(O)=C3\C(=O)C(=O)N(c4nc5ccc(F)cc5s4)[C@H]3c3ccc(Cl)c(Cl)c3)ccc2O1. The van der Waals surface area contributed by atoms with Crippen LogP contribution in [0.3, 0.4) is 0 Å². The van der Waals surface area contributed by atoms with Gasteiger partial charge in [-0.2, -0.15) is 0 Å². The number of amides is 1. The highest BCUT2D eigenvalue weighted by molar-refractivity contribution is 7.22. The second-order valence-electron chi connectivity index (χ2n) is 8.91. The molecule has 2 aliphatic rings. The molecule has 6 rings (SSSR count). The second-order valence-corrected chi connectivity index (χ2v) is 10.7. The van der Waals surface area contributed by atoms with Crippen molar-refractivity contribution >= 4 is 67.3 Å². The number of fused-ring (bicyclic) bond motifs is 2. The minimum atomic E-state index is -1.04. The molecule has 4 aromatic rings. The van der Waals surface area contributed by atoms with E-state index in [2.05, 4.69) is 4.98 Å². The molecule has 3 aromatic carbocycles. The Hall–Kier alpha value is -3.46. The molecular formula is C27H17Cl2FN2O4S. The number of nitrogens with zero attached hydrogens (tertiary/aromatic N) is 2. The second kappa shape index (κ2) is 8.83. The van der Waals surface area contributed by atoms with Crippen LogP contribution in [0.5, 0.6) is 5.75 Å². The molecule has 0 spiro atoms. The lowest BCUT2D eigenvalue weighted by Gasteiger charge is -2.23. The van der Waals surface area contributed by atoms with E-state index >= 15 is 0 Å². The Morgan fingerprint density at radius 3 is 2.70 bits per heavy atom. The molecule has 3 heterocycles. The molecule has 2 aliphatic heterocycles. The lowest BCUT2D eigenvalue weighted by molar-refractivity contribution is -0.132. The Kier molecular flexibility index (Phi) is 5.71. The molecule has 1 aromatic heterocycles. The molecule has 1 N–H and O–H groups in total. The number of aliphatic hydroxyl groups excluding tert-OH is 1. The lowest BCUT2D eigenvalue weighted by Crippen LogP contribution is -2.29. The topological polar surface area (TPSA) is 79.7 Å². The number of carbonyl (C=O) groups is 2. The molecule has 1 fully saturated rings. The van der Waals surface area contributed by atoms with E-state index in [1.165, 1.54) is 23.1 Å². The fourth-order valence-corrected chi connectivity index (χ4v) is 6.07. The minimum Gasteiger partial charge on any atom is -0.507 e. The van der Waals surface area contributed by atoms with Crippen molar-refractivity contribution in [1.82, 2.24) is 4.98 Å². The number of thiazole rings is 1. The number of benzene rings is 3. The van der Waals surface area contributed by atoms with E-state index in [0.717, 1.165) is 16.9 Å². The van der Waals surface area contributed by atoms with Crippen molar-refractivity contribution in [2.45, 2.75) is 25.5 Å². The number of anilines is 1. The number of ketones is 1. The van der Waals surface area contributed by atoms with E-state index < -0.39 is 23.5 Å². The van der Waals surface area contributed by atoms with Crippen molar-refractivity contribution < 1.29 is 23.8 Å². The summed E-state index contributed by atoms with van der Waals surface area (Å²) in [4.78, 5) is 32.5. The van der Waals surface area contributed by atoms with Crippen LogP contribution in [0.15, 0.2) is 60.2 Å². The van der Waals surface area contributed by atoms with Crippen LogP contribution in [0.1, 0.15) is 29.7 Å². The minimum absolute atomic E-state index is 0.00180. The average molecular weight is 555 g/mol. The molecule has 10 heteroatoms. The highest BCUT2D eigenvalue weighted by Gasteiger charge is 2.48. The summed E-state index contributed by atoms with van der Waals surface area (Å²) in [7, 11) is 0. The van der Waals surface area contributed by atoms with Crippen LogP contribution in [-0.4, -0.2) is 27.9 Å². The van der Waals surface area contributed by atoms with E-state index in [9.17, 15) is 19.1 Å². The Balaban J connectivity index is 1.55. The number of Topliss-reactive ketones (excluding diaryl/α,β-unsaturated/α-hetero) is 1. The summed E-state index contributed by atoms with van der Waals surface area (Å²) < 4.78 is 20.1. The number of ether oxygens (including phenoxy) is 1. The number of carbonyl (C=O) groups excluding carboxylic acids is 2. The highest BCUT2D eigenvalue weighted by atomic mass is 35.5. The Bertz CT molecular complexity index is 1670. The number of hydrogen-bond acceptors (Lipinski definition) is 6. The summed E-state index contributed by atoms with van der Waals surface area (Å²) in [5, 5.41) is 12.1. The Labute approximate surface area is 224 Å². The van der Waals surface area contributed by atoms with Crippen LogP contribution in [-0.2, 0) is 16.0 Å². The maximum absolute atomic E-state index is 13.8. The maximum Gasteiger partial charge on any atom is 0.301 e. The van der Waals surface area contributed by atoms with Gasteiger partial charge in [-0.25, -0.2) is 9.37 Å². The molecule has 1 amide bonds. The lowest BCUT2D eigenvalue weighted by atomic mass is 9.94. The molecule has 0 saturated carbocycles. The van der Waals surface area contributed by atoms with Crippen molar-refractivity contribution in [3.8, 4) is 5.75 Å². The molecule has 186 valence electrons. The van der Waals surface area contributed by atoms with E-state index in [0.29, 0.717) is 38.5 Å². The van der Waals surface area contributed by atoms with Crippen LogP contribution < -0.4 is 9.64 Å². The van der Waals surface area contributed by atoms with Gasteiger partial charge in [0.25, 0.3) is 5.78 Å². The van der Waals surface area contributed by atoms with Crippen LogP contribution in [0.2, 0.25) is 10.0 Å². The first-order valence-corrected chi connectivity index (χ1v) is 12.9. The van der Waals surface area contributed by atoms with Crippen LogP contribution in [0.25, 0.3) is 16.0 Å². The molecule has 2 atom stereocenters. The van der Waals surface area contributed by atoms with Gasteiger partial charge in [-0.15, -0.1) is 0 Å². The zero-order chi connectivity index (χ0) is 26.0. The smallest absolute Gasteiger partial charge is 0.301 e. The fraction of sp³-hybridized carbons (Fsp3) is 0.148. The van der Waals surface area contributed by atoms with Crippen LogP contribution >= 0.6 is 34.5 Å². The van der Waals surface area contributed by atoms with Gasteiger partial charge in [-0.3, -0.25) is 14.5 Å². The van der Waals surface area contributed by atoms with Crippen molar-refractivity contribution in [3.63, 3.8) is 0 Å². The summed E-state index contributed by atoms with van der Waals surface area (Å²) >= 11 is 13.5. The first kappa shape index (κ1) is 23.9. The van der Waals surface area contributed by atoms with Gasteiger partial charge in [0.1, 0.15) is 23.4 Å². The summed E-state index contributed by atoms with van der Waals surface area (Å²) in [6, 6.07) is 12.9. The first-order valence-electron chi connectivity index (χ1n) is 11.3. The monoisotopic (exact) mass is 554 g/mol. The largest absolute Gasteiger partial charge is 0.507 e. The fourth-order valence-electron chi connectivity index (χ4n) is 4.74. The Morgan fingerprint density at radius 1 is 1.11 bits per heavy atom. The standard InChI is InChI=1S/C27H17Cl2FN2O4S/c1-12-8-15-9-14(3-7-20(15)36-12)24(33)22-23(13-2-5-17(28)18(29)10-13)32(26(35)25(22)34)27-31-19-6-4-16(30)11-21(19)37-27/h2-7,9-12,23,33H,8H2,1H3/b24-22+/t12-,23-/m0/s1. The number of aliphatic hydroxyl groups is 1. The van der Waals surface area contributed by atoms with Crippen LogP contribution in [0.4, 0.5) is 9.52 Å².